The molecule has 1 unspecified atom stereocenters. The summed E-state index contributed by atoms with van der Waals surface area (Å²) < 4.78 is 10.0. The predicted octanol–water partition coefficient (Wildman–Crippen LogP) is -0.0707. The Bertz CT molecular complexity index is 32.7. The minimum Gasteiger partial charge on any atom is -0.605 e. The lowest BCUT2D eigenvalue weighted by Gasteiger charge is -1.95. The summed E-state index contributed by atoms with van der Waals surface area (Å²) in [6.45, 7) is 0. The summed E-state index contributed by atoms with van der Waals surface area (Å²) in [6.07, 6.45) is 1.61. The average Bonchev–Trinajstić information content (AvgIpc) is 1.35. The molecule has 0 aromatic heterocycles. The van der Waals surface area contributed by atoms with Gasteiger partial charge in [0.15, 0.2) is 0 Å². The molecule has 0 saturated carbocycles. The standard InChI is InChI=1S/C2H7NOS2/c1-6(4)5-2-3/h2-3H2,1H3. The van der Waals surface area contributed by atoms with Gasteiger partial charge in [0.1, 0.15) is 17.0 Å². The lowest BCUT2D eigenvalue weighted by molar-refractivity contribution is 0.614. The first kappa shape index (κ1) is 6.62. The van der Waals surface area contributed by atoms with E-state index in [0.29, 0.717) is 5.88 Å². The van der Waals surface area contributed by atoms with Crippen molar-refractivity contribution < 1.29 is 4.55 Å². The van der Waals surface area contributed by atoms with Crippen molar-refractivity contribution in [2.75, 3.05) is 12.1 Å². The lowest BCUT2D eigenvalue weighted by atomic mass is 11.6. The number of hydrogen-bond donors (Lipinski definition) is 1. The summed E-state index contributed by atoms with van der Waals surface area (Å²) in [5, 5.41) is 0. The molecule has 0 radical (unpaired) electrons. The van der Waals surface area contributed by atoms with Crippen LogP contribution in [0.25, 0.3) is 0 Å². The van der Waals surface area contributed by atoms with Gasteiger partial charge in [0.05, 0.1) is 5.88 Å². The number of nitrogens with two attached hydrogens (primary N) is 1. The molecule has 2 nitrogen and oxygen atoms in total. The van der Waals surface area contributed by atoms with Crippen molar-refractivity contribution in [3.05, 3.63) is 0 Å². The van der Waals surface area contributed by atoms with Crippen LogP contribution in [0, 0.1) is 0 Å². The van der Waals surface area contributed by atoms with E-state index in [1.54, 1.807) is 6.26 Å². The van der Waals surface area contributed by atoms with Crippen molar-refractivity contribution in [1.82, 2.24) is 0 Å². The highest BCUT2D eigenvalue weighted by Gasteiger charge is 1.91. The second-order valence-electron chi connectivity index (χ2n) is 0.686. The zero-order chi connectivity index (χ0) is 4.99. The molecular weight excluding hydrogens is 118 g/mol. The fraction of sp³-hybridized carbons (Fsp3) is 1.00. The molecule has 0 spiro atoms. The first-order valence-electron chi connectivity index (χ1n) is 1.44. The Kier molecular flexibility index (Phi) is 4.19. The Balaban J connectivity index is 2.63. The van der Waals surface area contributed by atoms with Gasteiger partial charge >= 0.3 is 0 Å². The molecule has 0 fully saturated rings. The zero-order valence-electron chi connectivity index (χ0n) is 3.51. The van der Waals surface area contributed by atoms with Crippen LogP contribution >= 0.6 is 10.8 Å². The van der Waals surface area contributed by atoms with Gasteiger partial charge in [-0.1, -0.05) is 0 Å². The van der Waals surface area contributed by atoms with E-state index in [0.717, 1.165) is 0 Å². The third kappa shape index (κ3) is 4.62. The molecule has 0 heterocycles. The molecular formula is C2H7NOS2. The Morgan fingerprint density at radius 2 is 2.50 bits per heavy atom. The van der Waals surface area contributed by atoms with Crippen LogP contribution in [0.3, 0.4) is 0 Å². The SMILES string of the molecule is C[S+]([O-])SCN. The van der Waals surface area contributed by atoms with E-state index in [2.05, 4.69) is 0 Å². The first-order valence-corrected chi connectivity index (χ1v) is 4.50. The summed E-state index contributed by atoms with van der Waals surface area (Å²) in [5.41, 5.74) is 5.00. The van der Waals surface area contributed by atoms with Crippen LogP contribution in [0.15, 0.2) is 0 Å². The molecule has 0 saturated heterocycles. The largest absolute Gasteiger partial charge is 0.605 e. The van der Waals surface area contributed by atoms with E-state index in [-0.39, 0.29) is 0 Å². The van der Waals surface area contributed by atoms with Gasteiger partial charge in [-0.25, -0.2) is 0 Å². The highest BCUT2D eigenvalue weighted by molar-refractivity contribution is 8.71. The van der Waals surface area contributed by atoms with Crippen LogP contribution < -0.4 is 5.73 Å². The molecule has 0 rings (SSSR count). The highest BCUT2D eigenvalue weighted by atomic mass is 33.1. The maximum Gasteiger partial charge on any atom is 0.108 e. The van der Waals surface area contributed by atoms with Gasteiger partial charge in [-0.05, 0) is 0 Å². The molecule has 0 aliphatic heterocycles. The number of rotatable bonds is 2. The molecule has 0 aliphatic carbocycles. The van der Waals surface area contributed by atoms with E-state index >= 15 is 0 Å². The normalized spacial score (nSPS) is 14.5. The molecule has 0 bridgehead atoms. The Morgan fingerprint density at radius 1 is 2.00 bits per heavy atom. The van der Waals surface area contributed by atoms with Crippen LogP contribution in [-0.2, 0) is 10.2 Å². The van der Waals surface area contributed by atoms with E-state index in [4.69, 9.17) is 5.73 Å². The zero-order valence-corrected chi connectivity index (χ0v) is 5.14. The minimum atomic E-state index is -0.774. The van der Waals surface area contributed by atoms with Crippen LogP contribution in [0.5, 0.6) is 0 Å². The van der Waals surface area contributed by atoms with E-state index in [1.807, 2.05) is 0 Å². The summed E-state index contributed by atoms with van der Waals surface area (Å²) in [7, 11) is 0.462. The third-order valence-corrected chi connectivity index (χ3v) is 2.11. The fourth-order valence-corrected chi connectivity index (χ4v) is 0.862. The van der Waals surface area contributed by atoms with Gasteiger partial charge in [-0.2, -0.15) is 0 Å². The Morgan fingerprint density at radius 3 is 2.50 bits per heavy atom. The molecule has 38 valence electrons. The monoisotopic (exact) mass is 125 g/mol. The molecule has 6 heavy (non-hydrogen) atoms. The smallest absolute Gasteiger partial charge is 0.108 e. The quantitative estimate of drug-likeness (QED) is 0.319. The van der Waals surface area contributed by atoms with Crippen molar-refractivity contribution in [1.29, 1.82) is 0 Å². The van der Waals surface area contributed by atoms with Gasteiger partial charge in [-0.15, -0.1) is 0 Å². The van der Waals surface area contributed by atoms with Gasteiger partial charge < -0.3 is 10.3 Å². The summed E-state index contributed by atoms with van der Waals surface area (Å²) in [5.74, 6) is 0.448. The second kappa shape index (κ2) is 3.80. The number of hydrogen-bond acceptors (Lipinski definition) is 3. The minimum absolute atomic E-state index is 0.448. The van der Waals surface area contributed by atoms with Crippen LogP contribution in [0.1, 0.15) is 0 Å². The lowest BCUT2D eigenvalue weighted by Crippen LogP contribution is -1.98. The van der Waals surface area contributed by atoms with Crippen molar-refractivity contribution in [2.45, 2.75) is 0 Å². The van der Waals surface area contributed by atoms with Gasteiger partial charge in [0.2, 0.25) is 0 Å². The average molecular weight is 125 g/mol. The highest BCUT2D eigenvalue weighted by Crippen LogP contribution is 2.03. The summed E-state index contributed by atoms with van der Waals surface area (Å²) >= 11 is 0. The molecule has 0 amide bonds. The Labute approximate surface area is 44.1 Å². The summed E-state index contributed by atoms with van der Waals surface area (Å²) in [4.78, 5) is 0. The molecule has 4 heteroatoms. The molecule has 0 aliphatic rings. The Hall–Kier alpha value is 0.620. The van der Waals surface area contributed by atoms with E-state index in [9.17, 15) is 4.55 Å². The topological polar surface area (TPSA) is 49.1 Å². The van der Waals surface area contributed by atoms with Crippen LogP contribution in [-0.4, -0.2) is 16.7 Å². The summed E-state index contributed by atoms with van der Waals surface area (Å²) in [6, 6.07) is 0. The van der Waals surface area contributed by atoms with Crippen molar-refractivity contribution in [3.8, 4) is 0 Å². The van der Waals surface area contributed by atoms with E-state index < -0.39 is 10.2 Å². The van der Waals surface area contributed by atoms with Crippen LogP contribution in [0.2, 0.25) is 0 Å². The van der Waals surface area contributed by atoms with Gasteiger partial charge in [-0.3, -0.25) is 0 Å². The molecule has 2 N–H and O–H groups in total. The molecule has 0 aromatic rings. The predicted molar refractivity (Wildman–Crippen MR) is 30.7 cm³/mol. The van der Waals surface area contributed by atoms with Crippen molar-refractivity contribution in [2.24, 2.45) is 5.73 Å². The third-order valence-electron chi connectivity index (χ3n) is 0.234. The maximum atomic E-state index is 10.0. The van der Waals surface area contributed by atoms with E-state index in [1.165, 1.54) is 10.8 Å². The van der Waals surface area contributed by atoms with Gasteiger partial charge in [0.25, 0.3) is 0 Å². The fourth-order valence-electron chi connectivity index (χ4n) is 0.0958. The second-order valence-corrected chi connectivity index (χ2v) is 4.17. The maximum absolute atomic E-state index is 10.0. The van der Waals surface area contributed by atoms with Crippen molar-refractivity contribution >= 4 is 21.0 Å². The van der Waals surface area contributed by atoms with Gasteiger partial charge in [0, 0.05) is 10.2 Å². The molecule has 1 atom stereocenters. The first-order chi connectivity index (χ1) is 2.77. The van der Waals surface area contributed by atoms with Crippen molar-refractivity contribution in [3.63, 3.8) is 0 Å². The van der Waals surface area contributed by atoms with Crippen LogP contribution in [0.4, 0.5) is 0 Å². The molecule has 0 aromatic carbocycles.